The fourth-order valence-electron chi connectivity index (χ4n) is 6.99. The Balaban J connectivity index is 1.28. The third kappa shape index (κ3) is 3.30. The molecular formula is C24H30N2O4. The standard InChI is InChI=1S/C24H30N2O4/c1-30-22(28)18-4-6-19(7-5-18)25-21(27)20-3-2-8-26(20)23(29)24-12-15-9-16(13-24)11-17(10-15)14-24/h4-7,15-17,20H,2-3,8-14H2,1H3,(H,25,27)/t15?,16?,17?,20-,24?/m1/s1. The van der Waals surface area contributed by atoms with Crippen LogP contribution in [-0.2, 0) is 14.3 Å². The van der Waals surface area contributed by atoms with E-state index in [1.54, 1.807) is 24.3 Å². The molecule has 0 aromatic heterocycles. The maximum absolute atomic E-state index is 13.7. The summed E-state index contributed by atoms with van der Waals surface area (Å²) in [7, 11) is 1.34. The van der Waals surface area contributed by atoms with Gasteiger partial charge in [0, 0.05) is 12.2 Å². The number of likely N-dealkylation sites (tertiary alicyclic amines) is 1. The second-order valence-corrected chi connectivity index (χ2v) is 9.91. The minimum Gasteiger partial charge on any atom is -0.465 e. The molecule has 4 bridgehead atoms. The van der Waals surface area contributed by atoms with Crippen molar-refractivity contribution in [3.8, 4) is 0 Å². The van der Waals surface area contributed by atoms with E-state index < -0.39 is 12.0 Å². The normalized spacial score (nSPS) is 34.1. The lowest BCUT2D eigenvalue weighted by molar-refractivity contribution is -0.160. The number of carbonyl (C=O) groups excluding carboxylic acids is 3. The summed E-state index contributed by atoms with van der Waals surface area (Å²) in [6, 6.07) is 6.27. The summed E-state index contributed by atoms with van der Waals surface area (Å²) in [4.78, 5) is 40.2. The van der Waals surface area contributed by atoms with E-state index in [9.17, 15) is 14.4 Å². The van der Waals surface area contributed by atoms with Crippen molar-refractivity contribution in [1.82, 2.24) is 4.90 Å². The summed E-state index contributed by atoms with van der Waals surface area (Å²) in [5.74, 6) is 1.84. The van der Waals surface area contributed by atoms with Crippen LogP contribution in [0.25, 0.3) is 0 Å². The number of nitrogens with one attached hydrogen (secondary N) is 1. The highest BCUT2D eigenvalue weighted by Crippen LogP contribution is 2.60. The molecule has 1 aliphatic heterocycles. The van der Waals surface area contributed by atoms with E-state index in [1.165, 1.54) is 26.4 Å². The van der Waals surface area contributed by atoms with Crippen LogP contribution in [0.5, 0.6) is 0 Å². The predicted molar refractivity (Wildman–Crippen MR) is 112 cm³/mol. The molecule has 1 atom stereocenters. The van der Waals surface area contributed by atoms with E-state index in [0.717, 1.165) is 25.7 Å². The Labute approximate surface area is 177 Å². The first-order valence-corrected chi connectivity index (χ1v) is 11.3. The number of amides is 2. The largest absolute Gasteiger partial charge is 0.465 e. The molecule has 30 heavy (non-hydrogen) atoms. The van der Waals surface area contributed by atoms with E-state index in [-0.39, 0.29) is 17.2 Å². The van der Waals surface area contributed by atoms with Crippen molar-refractivity contribution in [2.75, 3.05) is 19.0 Å². The molecule has 1 aromatic rings. The molecule has 1 aromatic carbocycles. The minimum atomic E-state index is -0.406. The van der Waals surface area contributed by atoms with Crippen molar-refractivity contribution in [3.05, 3.63) is 29.8 Å². The van der Waals surface area contributed by atoms with Gasteiger partial charge in [-0.05, 0) is 93.4 Å². The van der Waals surface area contributed by atoms with Gasteiger partial charge in [-0.1, -0.05) is 0 Å². The maximum atomic E-state index is 13.7. The highest BCUT2D eigenvalue weighted by molar-refractivity contribution is 5.99. The van der Waals surface area contributed by atoms with Gasteiger partial charge in [-0.3, -0.25) is 9.59 Å². The van der Waals surface area contributed by atoms with E-state index in [0.29, 0.717) is 42.0 Å². The lowest BCUT2D eigenvalue weighted by atomic mass is 9.49. The number of methoxy groups -OCH3 is 1. The van der Waals surface area contributed by atoms with Gasteiger partial charge in [-0.25, -0.2) is 4.79 Å². The number of rotatable bonds is 4. The van der Waals surface area contributed by atoms with Crippen molar-refractivity contribution in [3.63, 3.8) is 0 Å². The minimum absolute atomic E-state index is 0.128. The summed E-state index contributed by atoms with van der Waals surface area (Å²) in [6.07, 6.45) is 8.57. The molecule has 160 valence electrons. The van der Waals surface area contributed by atoms with Crippen LogP contribution in [0.3, 0.4) is 0 Å². The Morgan fingerprint density at radius 2 is 1.60 bits per heavy atom. The molecule has 4 saturated carbocycles. The highest BCUT2D eigenvalue weighted by Gasteiger charge is 2.56. The van der Waals surface area contributed by atoms with Gasteiger partial charge in [0.25, 0.3) is 0 Å². The van der Waals surface area contributed by atoms with Crippen molar-refractivity contribution >= 4 is 23.5 Å². The molecule has 6 rings (SSSR count). The van der Waals surface area contributed by atoms with Crippen LogP contribution in [0.1, 0.15) is 61.7 Å². The average Bonchev–Trinajstić information content (AvgIpc) is 3.22. The first-order valence-electron chi connectivity index (χ1n) is 11.3. The number of hydrogen-bond acceptors (Lipinski definition) is 4. The smallest absolute Gasteiger partial charge is 0.337 e. The van der Waals surface area contributed by atoms with Crippen LogP contribution in [0, 0.1) is 23.2 Å². The van der Waals surface area contributed by atoms with Gasteiger partial charge in [-0.2, -0.15) is 0 Å². The molecular weight excluding hydrogens is 380 g/mol. The summed E-state index contributed by atoms with van der Waals surface area (Å²) < 4.78 is 4.71. The van der Waals surface area contributed by atoms with Crippen LogP contribution in [0.4, 0.5) is 5.69 Å². The first-order chi connectivity index (χ1) is 14.5. The number of benzene rings is 1. The second kappa shape index (κ2) is 7.40. The zero-order valence-electron chi connectivity index (χ0n) is 17.6. The first kappa shape index (κ1) is 19.6. The highest BCUT2D eigenvalue weighted by atomic mass is 16.5. The maximum Gasteiger partial charge on any atom is 0.337 e. The quantitative estimate of drug-likeness (QED) is 0.770. The summed E-state index contributed by atoms with van der Waals surface area (Å²) in [5.41, 5.74) is 0.858. The fourth-order valence-corrected chi connectivity index (χ4v) is 6.99. The van der Waals surface area contributed by atoms with Gasteiger partial charge in [0.15, 0.2) is 0 Å². The number of ether oxygens (including phenoxy) is 1. The van der Waals surface area contributed by atoms with Gasteiger partial charge < -0.3 is 15.0 Å². The van der Waals surface area contributed by atoms with E-state index in [4.69, 9.17) is 4.74 Å². The molecule has 2 amide bonds. The zero-order chi connectivity index (χ0) is 20.9. The van der Waals surface area contributed by atoms with Crippen LogP contribution in [0.15, 0.2) is 24.3 Å². The third-order valence-electron chi connectivity index (χ3n) is 7.88. The molecule has 1 N–H and O–H groups in total. The molecule has 0 radical (unpaired) electrons. The van der Waals surface area contributed by atoms with Crippen molar-refractivity contribution < 1.29 is 19.1 Å². The van der Waals surface area contributed by atoms with Crippen molar-refractivity contribution in [2.45, 2.75) is 57.4 Å². The monoisotopic (exact) mass is 410 g/mol. The average molecular weight is 411 g/mol. The van der Waals surface area contributed by atoms with Crippen molar-refractivity contribution in [1.29, 1.82) is 0 Å². The molecule has 0 spiro atoms. The Hall–Kier alpha value is -2.37. The molecule has 4 aliphatic carbocycles. The number of hydrogen-bond donors (Lipinski definition) is 1. The molecule has 6 nitrogen and oxygen atoms in total. The van der Waals surface area contributed by atoms with Gasteiger partial charge >= 0.3 is 5.97 Å². The predicted octanol–water partition coefficient (Wildman–Crippen LogP) is 3.62. The molecule has 0 unspecified atom stereocenters. The van der Waals surface area contributed by atoms with Crippen LogP contribution in [0.2, 0.25) is 0 Å². The molecule has 5 aliphatic rings. The Morgan fingerprint density at radius 1 is 1.00 bits per heavy atom. The summed E-state index contributed by atoms with van der Waals surface area (Å²) in [6.45, 7) is 0.681. The van der Waals surface area contributed by atoms with E-state index >= 15 is 0 Å². The molecule has 5 fully saturated rings. The third-order valence-corrected chi connectivity index (χ3v) is 7.88. The lowest BCUT2D eigenvalue weighted by Crippen LogP contribution is -2.56. The van der Waals surface area contributed by atoms with E-state index in [2.05, 4.69) is 5.32 Å². The van der Waals surface area contributed by atoms with E-state index in [1.807, 2.05) is 4.90 Å². The summed E-state index contributed by atoms with van der Waals surface area (Å²) in [5, 5.41) is 2.94. The molecule has 6 heteroatoms. The fraction of sp³-hybridized carbons (Fsp3) is 0.625. The lowest BCUT2D eigenvalue weighted by Gasteiger charge is -2.56. The second-order valence-electron chi connectivity index (χ2n) is 9.91. The van der Waals surface area contributed by atoms with Crippen LogP contribution in [-0.4, -0.2) is 42.4 Å². The number of anilines is 1. The van der Waals surface area contributed by atoms with Gasteiger partial charge in [0.2, 0.25) is 11.8 Å². The number of nitrogens with zero attached hydrogens (tertiary/aromatic N) is 1. The molecule has 1 saturated heterocycles. The number of carbonyl (C=O) groups is 3. The van der Waals surface area contributed by atoms with Gasteiger partial charge in [0.1, 0.15) is 6.04 Å². The van der Waals surface area contributed by atoms with Gasteiger partial charge in [0.05, 0.1) is 18.1 Å². The van der Waals surface area contributed by atoms with Gasteiger partial charge in [-0.15, -0.1) is 0 Å². The Kier molecular flexibility index (Phi) is 4.83. The number of esters is 1. The molecule has 1 heterocycles. The van der Waals surface area contributed by atoms with Crippen LogP contribution < -0.4 is 5.32 Å². The Morgan fingerprint density at radius 3 is 2.17 bits per heavy atom. The van der Waals surface area contributed by atoms with Crippen molar-refractivity contribution in [2.24, 2.45) is 23.2 Å². The SMILES string of the molecule is COC(=O)c1ccc(NC(=O)[C@H]2CCCN2C(=O)C23CC4CC(CC(C4)C2)C3)cc1. The Bertz CT molecular complexity index is 827. The topological polar surface area (TPSA) is 75.7 Å². The summed E-state index contributed by atoms with van der Waals surface area (Å²) >= 11 is 0. The van der Waals surface area contributed by atoms with Crippen LogP contribution >= 0.6 is 0 Å². The zero-order valence-corrected chi connectivity index (χ0v) is 17.6.